The number of anilines is 1. The van der Waals surface area contributed by atoms with E-state index in [1.165, 1.54) is 0 Å². The van der Waals surface area contributed by atoms with E-state index >= 15 is 0 Å². The van der Waals surface area contributed by atoms with Gasteiger partial charge in [-0.1, -0.05) is 0 Å². The zero-order valence-corrected chi connectivity index (χ0v) is 8.82. The number of aryl methyl sites for hydroxylation is 1. The van der Waals surface area contributed by atoms with Gasteiger partial charge in [0.1, 0.15) is 0 Å². The highest BCUT2D eigenvalue weighted by Crippen LogP contribution is 2.05. The Bertz CT molecular complexity index is 308. The lowest BCUT2D eigenvalue weighted by molar-refractivity contribution is 0.224. The van der Waals surface area contributed by atoms with Gasteiger partial charge in [0.2, 0.25) is 0 Å². The fourth-order valence-electron chi connectivity index (χ4n) is 0.964. The Hall–Kier alpha value is -1.52. The Balaban J connectivity index is 2.56. The van der Waals surface area contributed by atoms with Crippen molar-refractivity contribution in [1.82, 2.24) is 14.7 Å². The van der Waals surface area contributed by atoms with Gasteiger partial charge in [-0.2, -0.15) is 5.10 Å². The number of amides is 2. The van der Waals surface area contributed by atoms with Gasteiger partial charge in [-0.3, -0.25) is 4.68 Å². The van der Waals surface area contributed by atoms with Crippen LogP contribution in [0.15, 0.2) is 12.4 Å². The molecule has 0 atom stereocenters. The van der Waals surface area contributed by atoms with Crippen molar-refractivity contribution in [2.24, 2.45) is 0 Å². The molecule has 2 amide bonds. The lowest BCUT2D eigenvalue weighted by atomic mass is 10.5. The number of nitrogens with one attached hydrogen (secondary N) is 1. The highest BCUT2D eigenvalue weighted by Gasteiger charge is 2.06. The van der Waals surface area contributed by atoms with Gasteiger partial charge in [0.25, 0.3) is 0 Å². The molecule has 0 aliphatic carbocycles. The van der Waals surface area contributed by atoms with Crippen LogP contribution in [0.5, 0.6) is 0 Å². The molecule has 0 unspecified atom stereocenters. The summed E-state index contributed by atoms with van der Waals surface area (Å²) in [6, 6.07) is -0.108. The number of nitrogens with zero attached hydrogens (tertiary/aromatic N) is 3. The highest BCUT2D eigenvalue weighted by atomic mass is 16.2. The van der Waals surface area contributed by atoms with Crippen molar-refractivity contribution in [2.45, 2.75) is 20.4 Å². The van der Waals surface area contributed by atoms with Gasteiger partial charge < -0.3 is 10.2 Å². The molecule has 1 N–H and O–H groups in total. The van der Waals surface area contributed by atoms with Crippen molar-refractivity contribution in [3.8, 4) is 0 Å². The monoisotopic (exact) mass is 196 g/mol. The molecule has 1 heterocycles. The molecule has 0 aromatic carbocycles. The maximum Gasteiger partial charge on any atom is 0.321 e. The minimum Gasteiger partial charge on any atom is -0.328 e. The Morgan fingerprint density at radius 1 is 1.64 bits per heavy atom. The lowest BCUT2D eigenvalue weighted by Crippen LogP contribution is -2.30. The van der Waals surface area contributed by atoms with E-state index in [1.54, 1.807) is 29.0 Å². The average molecular weight is 196 g/mol. The third-order valence-corrected chi connectivity index (χ3v) is 2.03. The number of carbonyl (C=O) groups is 1. The molecule has 5 nitrogen and oxygen atoms in total. The number of carbonyl (C=O) groups excluding carboxylic acids is 1. The van der Waals surface area contributed by atoms with Crippen LogP contribution in [0, 0.1) is 0 Å². The van der Waals surface area contributed by atoms with Crippen LogP contribution in [-0.2, 0) is 6.54 Å². The molecular weight excluding hydrogens is 180 g/mol. The Labute approximate surface area is 83.7 Å². The van der Waals surface area contributed by atoms with Crippen molar-refractivity contribution in [3.63, 3.8) is 0 Å². The van der Waals surface area contributed by atoms with E-state index in [0.717, 1.165) is 12.2 Å². The molecule has 14 heavy (non-hydrogen) atoms. The molecule has 0 saturated carbocycles. The second-order valence-corrected chi connectivity index (χ2v) is 3.03. The first kappa shape index (κ1) is 10.6. The van der Waals surface area contributed by atoms with Gasteiger partial charge in [0.05, 0.1) is 11.9 Å². The van der Waals surface area contributed by atoms with Crippen LogP contribution in [0.1, 0.15) is 13.8 Å². The molecule has 1 aromatic heterocycles. The maximum absolute atomic E-state index is 11.4. The number of aromatic nitrogens is 2. The van der Waals surface area contributed by atoms with E-state index in [-0.39, 0.29) is 6.03 Å². The first-order chi connectivity index (χ1) is 6.67. The number of rotatable bonds is 3. The topological polar surface area (TPSA) is 50.2 Å². The molecule has 0 saturated heterocycles. The molecule has 78 valence electrons. The first-order valence-electron chi connectivity index (χ1n) is 4.72. The smallest absolute Gasteiger partial charge is 0.321 e. The van der Waals surface area contributed by atoms with Crippen LogP contribution < -0.4 is 5.32 Å². The molecule has 0 spiro atoms. The minimum absolute atomic E-state index is 0.108. The SMILES string of the molecule is CCN(C)C(=O)Nc1cnn(CC)c1. The first-order valence-corrected chi connectivity index (χ1v) is 4.72. The third-order valence-electron chi connectivity index (χ3n) is 2.03. The summed E-state index contributed by atoms with van der Waals surface area (Å²) < 4.78 is 1.77. The molecule has 0 aliphatic rings. The lowest BCUT2D eigenvalue weighted by Gasteiger charge is -2.14. The fourth-order valence-corrected chi connectivity index (χ4v) is 0.964. The quantitative estimate of drug-likeness (QED) is 0.794. The van der Waals surface area contributed by atoms with E-state index in [0.29, 0.717) is 6.54 Å². The minimum atomic E-state index is -0.108. The van der Waals surface area contributed by atoms with E-state index in [1.807, 2.05) is 13.8 Å². The molecule has 1 aromatic rings. The fraction of sp³-hybridized carbons (Fsp3) is 0.556. The number of hydrogen-bond acceptors (Lipinski definition) is 2. The molecule has 0 fully saturated rings. The predicted octanol–water partition coefficient (Wildman–Crippen LogP) is 1.39. The maximum atomic E-state index is 11.4. The summed E-state index contributed by atoms with van der Waals surface area (Å²) in [7, 11) is 1.75. The van der Waals surface area contributed by atoms with Crippen molar-refractivity contribution >= 4 is 11.7 Å². The van der Waals surface area contributed by atoms with Crippen molar-refractivity contribution in [1.29, 1.82) is 0 Å². The van der Waals surface area contributed by atoms with Crippen molar-refractivity contribution in [3.05, 3.63) is 12.4 Å². The van der Waals surface area contributed by atoms with Gasteiger partial charge >= 0.3 is 6.03 Å². The van der Waals surface area contributed by atoms with Crippen LogP contribution in [0.2, 0.25) is 0 Å². The van der Waals surface area contributed by atoms with E-state index < -0.39 is 0 Å². The molecule has 5 heteroatoms. The van der Waals surface area contributed by atoms with Gasteiger partial charge in [-0.25, -0.2) is 4.79 Å². The summed E-state index contributed by atoms with van der Waals surface area (Å²) in [5, 5.41) is 6.81. The average Bonchev–Trinajstić information content (AvgIpc) is 2.64. The normalized spacial score (nSPS) is 9.93. The zero-order chi connectivity index (χ0) is 10.6. The predicted molar refractivity (Wildman–Crippen MR) is 55.2 cm³/mol. The summed E-state index contributed by atoms with van der Waals surface area (Å²) in [5.74, 6) is 0. The third kappa shape index (κ3) is 2.48. The highest BCUT2D eigenvalue weighted by molar-refractivity contribution is 5.88. The van der Waals surface area contributed by atoms with Crippen molar-refractivity contribution in [2.75, 3.05) is 18.9 Å². The van der Waals surface area contributed by atoms with Crippen LogP contribution in [0.25, 0.3) is 0 Å². The summed E-state index contributed by atoms with van der Waals surface area (Å²) >= 11 is 0. The van der Waals surface area contributed by atoms with Crippen molar-refractivity contribution < 1.29 is 4.79 Å². The van der Waals surface area contributed by atoms with Crippen LogP contribution >= 0.6 is 0 Å². The summed E-state index contributed by atoms with van der Waals surface area (Å²) in [5.41, 5.74) is 0.733. The van der Waals surface area contributed by atoms with Crippen LogP contribution in [0.3, 0.4) is 0 Å². The van der Waals surface area contributed by atoms with E-state index in [4.69, 9.17) is 0 Å². The van der Waals surface area contributed by atoms with E-state index in [2.05, 4.69) is 10.4 Å². The van der Waals surface area contributed by atoms with Gasteiger partial charge in [-0.05, 0) is 13.8 Å². The summed E-state index contributed by atoms with van der Waals surface area (Å²) in [4.78, 5) is 13.0. The second-order valence-electron chi connectivity index (χ2n) is 3.03. The van der Waals surface area contributed by atoms with Gasteiger partial charge in [0.15, 0.2) is 0 Å². The summed E-state index contributed by atoms with van der Waals surface area (Å²) in [6.45, 7) is 5.42. The molecule has 1 rings (SSSR count). The molecular formula is C9H16N4O. The number of urea groups is 1. The Morgan fingerprint density at radius 2 is 2.36 bits per heavy atom. The van der Waals surface area contributed by atoms with E-state index in [9.17, 15) is 4.79 Å². The largest absolute Gasteiger partial charge is 0.328 e. The van der Waals surface area contributed by atoms with Crippen LogP contribution in [-0.4, -0.2) is 34.3 Å². The summed E-state index contributed by atoms with van der Waals surface area (Å²) in [6.07, 6.45) is 3.45. The molecule has 0 aliphatic heterocycles. The number of hydrogen-bond donors (Lipinski definition) is 1. The van der Waals surface area contributed by atoms with Gasteiger partial charge in [0, 0.05) is 26.3 Å². The Morgan fingerprint density at radius 3 is 2.86 bits per heavy atom. The molecule has 0 bridgehead atoms. The zero-order valence-electron chi connectivity index (χ0n) is 8.82. The molecule has 0 radical (unpaired) electrons. The van der Waals surface area contributed by atoms with Gasteiger partial charge in [-0.15, -0.1) is 0 Å². The standard InChI is InChI=1S/C9H16N4O/c1-4-12(3)9(14)11-8-6-10-13(5-2)7-8/h6-7H,4-5H2,1-3H3,(H,11,14). The Kier molecular flexibility index (Phi) is 3.50. The second kappa shape index (κ2) is 4.64. The van der Waals surface area contributed by atoms with Crippen LogP contribution in [0.4, 0.5) is 10.5 Å².